The summed E-state index contributed by atoms with van der Waals surface area (Å²) in [7, 11) is 0. The van der Waals surface area contributed by atoms with Crippen molar-refractivity contribution in [3.8, 4) is 0 Å². The summed E-state index contributed by atoms with van der Waals surface area (Å²) in [4.78, 5) is 18.3. The Morgan fingerprint density at radius 2 is 1.70 bits per heavy atom. The molecular formula is C26H22N2O2. The highest BCUT2D eigenvalue weighted by molar-refractivity contribution is 6.00. The number of benzene rings is 3. The molecule has 0 amide bonds. The molecule has 0 aliphatic carbocycles. The lowest BCUT2D eigenvalue weighted by Crippen LogP contribution is -1.95. The summed E-state index contributed by atoms with van der Waals surface area (Å²) in [6.45, 7) is 2.17. The molecule has 4 nitrogen and oxygen atoms in total. The van der Waals surface area contributed by atoms with E-state index in [1.165, 1.54) is 11.1 Å². The van der Waals surface area contributed by atoms with E-state index in [1.807, 2.05) is 36.4 Å². The SMILES string of the molecule is CC/C(=C(/c1ccc(/C=C/C(=O)O)cc1)c1ccc2nc[nH]c2c1)c1ccccc1. The average molecular weight is 394 g/mol. The summed E-state index contributed by atoms with van der Waals surface area (Å²) in [5.41, 5.74) is 8.58. The second-order valence-corrected chi connectivity index (χ2v) is 7.00. The molecular weight excluding hydrogens is 372 g/mol. The van der Waals surface area contributed by atoms with Crippen LogP contribution in [0.15, 0.2) is 85.2 Å². The van der Waals surface area contributed by atoms with Gasteiger partial charge in [-0.1, -0.05) is 67.6 Å². The number of nitrogens with zero attached hydrogens (tertiary/aromatic N) is 1. The predicted octanol–water partition coefficient (Wildman–Crippen LogP) is 6.03. The largest absolute Gasteiger partial charge is 0.478 e. The van der Waals surface area contributed by atoms with Crippen LogP contribution in [0.1, 0.15) is 35.6 Å². The number of hydrogen-bond acceptors (Lipinski definition) is 2. The summed E-state index contributed by atoms with van der Waals surface area (Å²) in [6.07, 6.45) is 5.34. The second kappa shape index (κ2) is 8.62. The number of allylic oxidation sites excluding steroid dienone is 1. The number of H-pyrrole nitrogens is 1. The quantitative estimate of drug-likeness (QED) is 0.310. The summed E-state index contributed by atoms with van der Waals surface area (Å²) in [5, 5.41) is 8.86. The molecule has 0 aliphatic heterocycles. The molecule has 4 heteroatoms. The van der Waals surface area contributed by atoms with E-state index in [2.05, 4.69) is 53.3 Å². The van der Waals surface area contributed by atoms with Crippen molar-refractivity contribution in [1.29, 1.82) is 0 Å². The van der Waals surface area contributed by atoms with Crippen molar-refractivity contribution in [2.45, 2.75) is 13.3 Å². The Labute approximate surface area is 175 Å². The number of fused-ring (bicyclic) bond motifs is 1. The van der Waals surface area contributed by atoms with Crippen molar-refractivity contribution in [2.75, 3.05) is 0 Å². The lowest BCUT2D eigenvalue weighted by molar-refractivity contribution is -0.131. The molecule has 0 bridgehead atoms. The highest BCUT2D eigenvalue weighted by Gasteiger charge is 2.14. The minimum absolute atomic E-state index is 0.849. The molecule has 2 N–H and O–H groups in total. The van der Waals surface area contributed by atoms with Crippen LogP contribution in [-0.2, 0) is 4.79 Å². The van der Waals surface area contributed by atoms with Crippen molar-refractivity contribution in [3.63, 3.8) is 0 Å². The van der Waals surface area contributed by atoms with Gasteiger partial charge in [0.25, 0.3) is 0 Å². The van der Waals surface area contributed by atoms with Gasteiger partial charge in [0.2, 0.25) is 0 Å². The van der Waals surface area contributed by atoms with Gasteiger partial charge in [-0.3, -0.25) is 0 Å². The summed E-state index contributed by atoms with van der Waals surface area (Å²) in [6, 6.07) is 24.7. The monoisotopic (exact) mass is 394 g/mol. The zero-order valence-electron chi connectivity index (χ0n) is 16.7. The van der Waals surface area contributed by atoms with E-state index in [-0.39, 0.29) is 0 Å². The zero-order valence-corrected chi connectivity index (χ0v) is 16.7. The zero-order chi connectivity index (χ0) is 20.9. The molecule has 0 spiro atoms. The fourth-order valence-corrected chi connectivity index (χ4v) is 3.70. The average Bonchev–Trinajstić information content (AvgIpc) is 3.25. The lowest BCUT2D eigenvalue weighted by Gasteiger charge is -2.16. The standard InChI is InChI=1S/C26H22N2O2/c1-2-22(19-6-4-3-5-7-19)26(21-13-14-23-24(16-21)28-17-27-23)20-11-8-18(9-12-20)10-15-25(29)30/h3-17H,2H2,1H3,(H,27,28)(H,29,30)/b15-10+,26-22+. The molecule has 0 radical (unpaired) electrons. The molecule has 0 saturated heterocycles. The predicted molar refractivity (Wildman–Crippen MR) is 122 cm³/mol. The number of imidazole rings is 1. The van der Waals surface area contributed by atoms with E-state index in [0.29, 0.717) is 0 Å². The van der Waals surface area contributed by atoms with Crippen molar-refractivity contribution in [2.24, 2.45) is 0 Å². The maximum atomic E-state index is 10.8. The van der Waals surface area contributed by atoms with Crippen LogP contribution in [0.5, 0.6) is 0 Å². The molecule has 0 saturated carbocycles. The number of aromatic amines is 1. The highest BCUT2D eigenvalue weighted by Crippen LogP contribution is 2.35. The number of hydrogen-bond donors (Lipinski definition) is 2. The van der Waals surface area contributed by atoms with Gasteiger partial charge in [0, 0.05) is 6.08 Å². The number of carboxylic acids is 1. The first kappa shape index (κ1) is 19.4. The smallest absolute Gasteiger partial charge is 0.328 e. The molecule has 0 fully saturated rings. The molecule has 0 atom stereocenters. The Kier molecular flexibility index (Phi) is 5.57. The van der Waals surface area contributed by atoms with Gasteiger partial charge in [0.15, 0.2) is 0 Å². The molecule has 1 aromatic heterocycles. The third-order valence-electron chi connectivity index (χ3n) is 5.10. The minimum atomic E-state index is -0.954. The Morgan fingerprint density at radius 3 is 2.40 bits per heavy atom. The van der Waals surface area contributed by atoms with Gasteiger partial charge in [-0.05, 0) is 58.0 Å². The van der Waals surface area contributed by atoms with Gasteiger partial charge in [-0.25, -0.2) is 9.78 Å². The van der Waals surface area contributed by atoms with E-state index >= 15 is 0 Å². The first-order valence-electron chi connectivity index (χ1n) is 9.89. The van der Waals surface area contributed by atoms with E-state index in [0.717, 1.165) is 45.8 Å². The van der Waals surface area contributed by atoms with Crippen LogP contribution in [0.25, 0.3) is 28.3 Å². The normalized spacial score (nSPS) is 12.3. The fourth-order valence-electron chi connectivity index (χ4n) is 3.70. The molecule has 1 heterocycles. The lowest BCUT2D eigenvalue weighted by atomic mass is 9.88. The third kappa shape index (κ3) is 4.08. The Hall–Kier alpha value is -3.92. The molecule has 0 aliphatic rings. The molecule has 4 rings (SSSR count). The van der Waals surface area contributed by atoms with Gasteiger partial charge in [0.05, 0.1) is 17.4 Å². The fraction of sp³-hybridized carbons (Fsp3) is 0.0769. The topological polar surface area (TPSA) is 66.0 Å². The highest BCUT2D eigenvalue weighted by atomic mass is 16.4. The number of rotatable bonds is 6. The van der Waals surface area contributed by atoms with E-state index in [4.69, 9.17) is 5.11 Å². The Morgan fingerprint density at radius 1 is 0.967 bits per heavy atom. The van der Waals surface area contributed by atoms with Crippen LogP contribution in [0.3, 0.4) is 0 Å². The van der Waals surface area contributed by atoms with Crippen LogP contribution in [0.2, 0.25) is 0 Å². The number of aliphatic carboxylic acids is 1. The maximum Gasteiger partial charge on any atom is 0.328 e. The van der Waals surface area contributed by atoms with Crippen molar-refractivity contribution in [3.05, 3.63) is 107 Å². The molecule has 148 valence electrons. The number of carbonyl (C=O) groups is 1. The summed E-state index contributed by atoms with van der Waals surface area (Å²) < 4.78 is 0. The molecule has 30 heavy (non-hydrogen) atoms. The van der Waals surface area contributed by atoms with Crippen molar-refractivity contribution >= 4 is 34.2 Å². The van der Waals surface area contributed by atoms with Crippen LogP contribution in [-0.4, -0.2) is 21.0 Å². The van der Waals surface area contributed by atoms with Crippen molar-refractivity contribution in [1.82, 2.24) is 9.97 Å². The van der Waals surface area contributed by atoms with Crippen LogP contribution in [0, 0.1) is 0 Å². The number of nitrogens with one attached hydrogen (secondary N) is 1. The first-order valence-corrected chi connectivity index (χ1v) is 9.89. The van der Waals surface area contributed by atoms with E-state index in [9.17, 15) is 4.79 Å². The van der Waals surface area contributed by atoms with E-state index < -0.39 is 5.97 Å². The summed E-state index contributed by atoms with van der Waals surface area (Å²) >= 11 is 0. The van der Waals surface area contributed by atoms with Crippen LogP contribution < -0.4 is 0 Å². The maximum absolute atomic E-state index is 10.8. The van der Waals surface area contributed by atoms with Crippen LogP contribution in [0.4, 0.5) is 0 Å². The minimum Gasteiger partial charge on any atom is -0.478 e. The van der Waals surface area contributed by atoms with Gasteiger partial charge in [0.1, 0.15) is 0 Å². The molecule has 0 unspecified atom stereocenters. The first-order chi connectivity index (χ1) is 14.7. The molecule has 3 aromatic carbocycles. The summed E-state index contributed by atoms with van der Waals surface area (Å²) in [5.74, 6) is -0.954. The molecule has 4 aromatic rings. The van der Waals surface area contributed by atoms with Gasteiger partial charge in [-0.15, -0.1) is 0 Å². The van der Waals surface area contributed by atoms with Crippen molar-refractivity contribution < 1.29 is 9.90 Å². The second-order valence-electron chi connectivity index (χ2n) is 7.00. The van der Waals surface area contributed by atoms with Crippen LogP contribution >= 0.6 is 0 Å². The number of carboxylic acid groups (broad SMARTS) is 1. The van der Waals surface area contributed by atoms with Gasteiger partial charge >= 0.3 is 5.97 Å². The Balaban J connectivity index is 1.89. The van der Waals surface area contributed by atoms with E-state index in [1.54, 1.807) is 12.4 Å². The Bertz CT molecular complexity index is 1230. The van der Waals surface area contributed by atoms with Gasteiger partial charge in [-0.2, -0.15) is 0 Å². The third-order valence-corrected chi connectivity index (χ3v) is 5.10. The number of aromatic nitrogens is 2. The van der Waals surface area contributed by atoms with Gasteiger partial charge < -0.3 is 10.1 Å².